The number of aromatic nitrogens is 2. The van der Waals surface area contributed by atoms with Crippen molar-refractivity contribution in [3.05, 3.63) is 48.0 Å². The van der Waals surface area contributed by atoms with Crippen LogP contribution >= 0.6 is 0 Å². The molecule has 0 fully saturated rings. The smallest absolute Gasteiger partial charge is 0.316 e. The summed E-state index contributed by atoms with van der Waals surface area (Å²) in [4.78, 5) is 4.13. The summed E-state index contributed by atoms with van der Waals surface area (Å²) in [5.41, 5.74) is 1.51. The Labute approximate surface area is 110 Å². The van der Waals surface area contributed by atoms with Gasteiger partial charge in [-0.2, -0.15) is 8.78 Å². The molecule has 0 amide bonds. The van der Waals surface area contributed by atoms with E-state index < -0.39 is 6.11 Å². The average Bonchev–Trinajstić information content (AvgIpc) is 2.83. The summed E-state index contributed by atoms with van der Waals surface area (Å²) in [5.74, 6) is 0.801. The van der Waals surface area contributed by atoms with Crippen molar-refractivity contribution in [3.63, 3.8) is 0 Å². The number of imidazole rings is 1. The molecule has 1 heterocycles. The first-order valence-corrected chi connectivity index (χ1v) is 6.13. The van der Waals surface area contributed by atoms with Crippen molar-refractivity contribution in [3.8, 4) is 5.69 Å². The average molecular weight is 266 g/mol. The summed E-state index contributed by atoms with van der Waals surface area (Å²) < 4.78 is 32.8. The minimum absolute atomic E-state index is 0.130. The topological polar surface area (TPSA) is 27.1 Å². The largest absolute Gasteiger partial charge is 0.355 e. The van der Waals surface area contributed by atoms with Gasteiger partial charge in [-0.15, -0.1) is 0 Å². The minimum Gasteiger partial charge on any atom is -0.316 e. The predicted molar refractivity (Wildman–Crippen MR) is 68.3 cm³/mol. The molecule has 102 valence electrons. The predicted octanol–water partition coefficient (Wildman–Crippen LogP) is 3.70. The van der Waals surface area contributed by atoms with Crippen molar-refractivity contribution in [2.45, 2.75) is 33.0 Å². The second-order valence-corrected chi connectivity index (χ2v) is 4.25. The van der Waals surface area contributed by atoms with E-state index in [1.165, 1.54) is 6.92 Å². The van der Waals surface area contributed by atoms with Crippen LogP contribution in [-0.4, -0.2) is 15.7 Å². The van der Waals surface area contributed by atoms with Gasteiger partial charge < -0.3 is 9.30 Å². The van der Waals surface area contributed by atoms with Crippen LogP contribution in [0.4, 0.5) is 8.78 Å². The van der Waals surface area contributed by atoms with Crippen molar-refractivity contribution in [1.29, 1.82) is 0 Å². The van der Waals surface area contributed by atoms with E-state index in [1.54, 1.807) is 24.5 Å². The number of halogens is 2. The monoisotopic (exact) mass is 266 g/mol. The van der Waals surface area contributed by atoms with Crippen LogP contribution in [0.2, 0.25) is 0 Å². The van der Waals surface area contributed by atoms with Crippen LogP contribution in [0, 0.1) is 6.92 Å². The summed E-state index contributed by atoms with van der Waals surface area (Å²) >= 11 is 0. The summed E-state index contributed by atoms with van der Waals surface area (Å²) in [6.45, 7) is 3.12. The molecule has 5 heteroatoms. The fourth-order valence-corrected chi connectivity index (χ4v) is 1.79. The second-order valence-electron chi connectivity index (χ2n) is 4.25. The molecule has 0 atom stereocenters. The van der Waals surface area contributed by atoms with E-state index in [9.17, 15) is 8.78 Å². The van der Waals surface area contributed by atoms with Crippen LogP contribution < -0.4 is 0 Å². The molecule has 1 aromatic heterocycles. The number of ether oxygens (including phenoxy) is 1. The molecule has 0 radical (unpaired) electrons. The molecule has 2 aromatic rings. The van der Waals surface area contributed by atoms with Crippen molar-refractivity contribution in [2.24, 2.45) is 0 Å². The van der Waals surface area contributed by atoms with E-state index in [-0.39, 0.29) is 13.0 Å². The van der Waals surface area contributed by atoms with Crippen LogP contribution in [0.5, 0.6) is 0 Å². The molecule has 0 saturated carbocycles. The van der Waals surface area contributed by atoms with Crippen LogP contribution in [0.15, 0.2) is 36.7 Å². The molecule has 0 bridgehead atoms. The molecule has 2 rings (SSSR count). The highest BCUT2D eigenvalue weighted by molar-refractivity contribution is 5.41. The molecule has 0 aliphatic rings. The Bertz CT molecular complexity index is 552. The zero-order valence-corrected chi connectivity index (χ0v) is 10.9. The highest BCUT2D eigenvalue weighted by Gasteiger charge is 2.27. The fourth-order valence-electron chi connectivity index (χ4n) is 1.79. The molecule has 0 N–H and O–H groups in total. The number of hydrogen-bond donors (Lipinski definition) is 0. The molecule has 19 heavy (non-hydrogen) atoms. The first-order valence-electron chi connectivity index (χ1n) is 6.13. The standard InChI is InChI=1S/C14H16F2N2O/c1-3-14(15,16)19-10-12-6-4-5-7-13(12)18-9-8-17-11(18)2/h4-9H,3,10H2,1-2H3. The number of alkyl halides is 2. The quantitative estimate of drug-likeness (QED) is 0.825. The van der Waals surface area contributed by atoms with Crippen molar-refractivity contribution >= 4 is 0 Å². The Morgan fingerprint density at radius 2 is 2.05 bits per heavy atom. The Kier molecular flexibility index (Phi) is 3.95. The van der Waals surface area contributed by atoms with E-state index in [1.807, 2.05) is 23.6 Å². The summed E-state index contributed by atoms with van der Waals surface area (Å²) in [6.07, 6.45) is 0.0517. The maximum atomic E-state index is 13.2. The maximum absolute atomic E-state index is 13.2. The van der Waals surface area contributed by atoms with Crippen LogP contribution in [0.25, 0.3) is 5.69 Å². The van der Waals surface area contributed by atoms with Gasteiger partial charge in [-0.1, -0.05) is 25.1 Å². The fraction of sp³-hybridized carbons (Fsp3) is 0.357. The number of nitrogens with zero attached hydrogens (tertiary/aromatic N) is 2. The van der Waals surface area contributed by atoms with E-state index in [0.29, 0.717) is 5.56 Å². The Morgan fingerprint density at radius 3 is 2.68 bits per heavy atom. The lowest BCUT2D eigenvalue weighted by atomic mass is 10.2. The van der Waals surface area contributed by atoms with Gasteiger partial charge in [0.05, 0.1) is 12.3 Å². The van der Waals surface area contributed by atoms with Gasteiger partial charge in [0.1, 0.15) is 5.82 Å². The van der Waals surface area contributed by atoms with Gasteiger partial charge in [0.25, 0.3) is 0 Å². The summed E-state index contributed by atoms with van der Waals surface area (Å²) in [7, 11) is 0. The minimum atomic E-state index is -3.09. The molecule has 3 nitrogen and oxygen atoms in total. The number of rotatable bonds is 5. The molecular formula is C14H16F2N2O. The third kappa shape index (κ3) is 3.17. The van der Waals surface area contributed by atoms with Gasteiger partial charge in [0, 0.05) is 24.4 Å². The van der Waals surface area contributed by atoms with E-state index in [4.69, 9.17) is 0 Å². The van der Waals surface area contributed by atoms with E-state index >= 15 is 0 Å². The highest BCUT2D eigenvalue weighted by atomic mass is 19.3. The molecule has 0 aliphatic carbocycles. The van der Waals surface area contributed by atoms with E-state index in [2.05, 4.69) is 9.72 Å². The third-order valence-electron chi connectivity index (χ3n) is 2.93. The van der Waals surface area contributed by atoms with Gasteiger partial charge in [0.15, 0.2) is 0 Å². The second kappa shape index (κ2) is 5.48. The highest BCUT2D eigenvalue weighted by Crippen LogP contribution is 2.24. The summed E-state index contributed by atoms with van der Waals surface area (Å²) in [6, 6.07) is 7.30. The first-order chi connectivity index (χ1) is 9.03. The van der Waals surface area contributed by atoms with Crippen LogP contribution in [0.3, 0.4) is 0 Å². The number of hydrogen-bond acceptors (Lipinski definition) is 2. The third-order valence-corrected chi connectivity index (χ3v) is 2.93. The van der Waals surface area contributed by atoms with Gasteiger partial charge in [-0.3, -0.25) is 0 Å². The molecular weight excluding hydrogens is 250 g/mol. The number of para-hydroxylation sites is 1. The van der Waals surface area contributed by atoms with Crippen LogP contribution in [0.1, 0.15) is 24.7 Å². The normalized spacial score (nSPS) is 11.8. The maximum Gasteiger partial charge on any atom is 0.355 e. The van der Waals surface area contributed by atoms with E-state index in [0.717, 1.165) is 11.5 Å². The number of aryl methyl sites for hydroxylation is 1. The molecule has 0 saturated heterocycles. The van der Waals surface area contributed by atoms with Gasteiger partial charge >= 0.3 is 6.11 Å². The molecule has 0 spiro atoms. The first kappa shape index (κ1) is 13.7. The lowest BCUT2D eigenvalue weighted by molar-refractivity contribution is -0.246. The van der Waals surface area contributed by atoms with Gasteiger partial charge in [-0.05, 0) is 13.0 Å². The Morgan fingerprint density at radius 1 is 1.32 bits per heavy atom. The van der Waals surface area contributed by atoms with Gasteiger partial charge in [0.2, 0.25) is 0 Å². The van der Waals surface area contributed by atoms with Crippen molar-refractivity contribution in [1.82, 2.24) is 9.55 Å². The summed E-state index contributed by atoms with van der Waals surface area (Å²) in [5, 5.41) is 0. The molecule has 0 unspecified atom stereocenters. The zero-order chi connectivity index (χ0) is 13.9. The van der Waals surface area contributed by atoms with Gasteiger partial charge in [-0.25, -0.2) is 4.98 Å². The molecule has 1 aromatic carbocycles. The molecule has 0 aliphatic heterocycles. The number of benzene rings is 1. The lowest BCUT2D eigenvalue weighted by Gasteiger charge is -2.17. The van der Waals surface area contributed by atoms with Crippen LogP contribution in [-0.2, 0) is 11.3 Å². The van der Waals surface area contributed by atoms with Crippen molar-refractivity contribution < 1.29 is 13.5 Å². The zero-order valence-electron chi connectivity index (χ0n) is 10.9. The Balaban J connectivity index is 2.25. The lowest BCUT2D eigenvalue weighted by Crippen LogP contribution is -2.19. The van der Waals surface area contributed by atoms with Crippen molar-refractivity contribution in [2.75, 3.05) is 0 Å². The SMILES string of the molecule is CCC(F)(F)OCc1ccccc1-n1ccnc1C. The Hall–Kier alpha value is -1.75.